The number of carbonyl (C=O) groups excluding carboxylic acids is 2. The molecule has 1 unspecified atom stereocenters. The van der Waals surface area contributed by atoms with E-state index in [0.29, 0.717) is 24.2 Å². The molecule has 32 heavy (non-hydrogen) atoms. The van der Waals surface area contributed by atoms with Crippen molar-refractivity contribution in [1.29, 1.82) is 0 Å². The molecule has 2 saturated carbocycles. The van der Waals surface area contributed by atoms with E-state index in [1.807, 2.05) is 37.9 Å². The number of fused-ring (bicyclic) bond motifs is 5. The van der Waals surface area contributed by atoms with Crippen molar-refractivity contribution < 1.29 is 14.0 Å². The second-order valence-corrected chi connectivity index (χ2v) is 11.8. The fourth-order valence-corrected chi connectivity index (χ4v) is 8.10. The molecule has 1 aromatic heterocycles. The zero-order chi connectivity index (χ0) is 22.9. The van der Waals surface area contributed by atoms with Gasteiger partial charge in [-0.05, 0) is 87.7 Å². The standard InChI is InChI=1S/C27H38N2O3/c1-25(2,22-7-6-16-32-22)28-24(31)20-10-9-18-17-8-11-21-27(4,15-13-23(30)29(21)5)19(17)12-14-26(18,20)3/h6-7,11,16-20H,8-10,12-15H2,1-5H3,(H,28,31)/t17-,18-,19+,20?,26-,27+/m0/s1. The minimum atomic E-state index is -0.512. The topological polar surface area (TPSA) is 62.6 Å². The lowest BCUT2D eigenvalue weighted by Gasteiger charge is -2.58. The lowest BCUT2D eigenvalue weighted by atomic mass is 9.49. The predicted molar refractivity (Wildman–Crippen MR) is 123 cm³/mol. The molecule has 3 aliphatic carbocycles. The number of likely N-dealkylation sites (tertiary alicyclic amines) is 1. The third kappa shape index (κ3) is 3.03. The Labute approximate surface area is 192 Å². The average Bonchev–Trinajstić information content (AvgIpc) is 3.39. The van der Waals surface area contributed by atoms with Crippen molar-refractivity contribution in [3.63, 3.8) is 0 Å². The van der Waals surface area contributed by atoms with Gasteiger partial charge in [0, 0.05) is 30.5 Å². The lowest BCUT2D eigenvalue weighted by Crippen LogP contribution is -2.55. The second kappa shape index (κ2) is 7.23. The second-order valence-electron chi connectivity index (χ2n) is 11.8. The summed E-state index contributed by atoms with van der Waals surface area (Å²) in [5.41, 5.74) is 0.879. The number of carbonyl (C=O) groups is 2. The maximum Gasteiger partial charge on any atom is 0.226 e. The maximum absolute atomic E-state index is 13.5. The van der Waals surface area contributed by atoms with Crippen LogP contribution in [0, 0.1) is 34.5 Å². The van der Waals surface area contributed by atoms with E-state index in [1.165, 1.54) is 5.70 Å². The summed E-state index contributed by atoms with van der Waals surface area (Å²) >= 11 is 0. The molecule has 3 fully saturated rings. The predicted octanol–water partition coefficient (Wildman–Crippen LogP) is 5.24. The molecule has 1 aromatic rings. The fourth-order valence-electron chi connectivity index (χ4n) is 8.10. The molecule has 5 rings (SSSR count). The first kappa shape index (κ1) is 21.8. The number of hydrogen-bond donors (Lipinski definition) is 1. The van der Waals surface area contributed by atoms with E-state index in [1.54, 1.807) is 6.26 Å². The van der Waals surface area contributed by atoms with Gasteiger partial charge in [0.1, 0.15) is 5.76 Å². The molecule has 174 valence electrons. The summed E-state index contributed by atoms with van der Waals surface area (Å²) in [7, 11) is 1.95. The Morgan fingerprint density at radius 1 is 1.19 bits per heavy atom. The smallest absolute Gasteiger partial charge is 0.226 e. The maximum atomic E-state index is 13.5. The van der Waals surface area contributed by atoms with E-state index in [2.05, 4.69) is 25.2 Å². The van der Waals surface area contributed by atoms with Crippen molar-refractivity contribution in [2.24, 2.45) is 34.5 Å². The van der Waals surface area contributed by atoms with Gasteiger partial charge in [0.25, 0.3) is 0 Å². The van der Waals surface area contributed by atoms with Gasteiger partial charge in [0.05, 0.1) is 11.8 Å². The largest absolute Gasteiger partial charge is 0.467 e. The number of piperidine rings is 1. The molecule has 1 saturated heterocycles. The van der Waals surface area contributed by atoms with E-state index in [-0.39, 0.29) is 28.6 Å². The molecule has 2 amide bonds. The Kier molecular flexibility index (Phi) is 4.92. The molecule has 0 spiro atoms. The fraction of sp³-hybridized carbons (Fsp3) is 0.704. The molecule has 5 nitrogen and oxygen atoms in total. The zero-order valence-corrected chi connectivity index (χ0v) is 20.2. The van der Waals surface area contributed by atoms with Gasteiger partial charge >= 0.3 is 0 Å². The molecule has 4 aliphatic rings. The number of rotatable bonds is 3. The monoisotopic (exact) mass is 438 g/mol. The van der Waals surface area contributed by atoms with E-state index >= 15 is 0 Å². The van der Waals surface area contributed by atoms with E-state index in [4.69, 9.17) is 4.42 Å². The summed E-state index contributed by atoms with van der Waals surface area (Å²) in [6, 6.07) is 3.81. The lowest BCUT2D eigenvalue weighted by molar-refractivity contribution is -0.139. The highest BCUT2D eigenvalue weighted by atomic mass is 16.3. The van der Waals surface area contributed by atoms with Gasteiger partial charge in [0.15, 0.2) is 0 Å². The highest BCUT2D eigenvalue weighted by molar-refractivity contribution is 5.81. The van der Waals surface area contributed by atoms with Gasteiger partial charge < -0.3 is 14.6 Å². The number of furan rings is 1. The summed E-state index contributed by atoms with van der Waals surface area (Å²) < 4.78 is 5.59. The first-order chi connectivity index (χ1) is 15.1. The Balaban J connectivity index is 1.38. The molecule has 0 radical (unpaired) electrons. The van der Waals surface area contributed by atoms with Crippen molar-refractivity contribution in [2.45, 2.75) is 78.2 Å². The van der Waals surface area contributed by atoms with Crippen molar-refractivity contribution in [3.8, 4) is 0 Å². The van der Waals surface area contributed by atoms with Crippen LogP contribution in [0.4, 0.5) is 0 Å². The Morgan fingerprint density at radius 2 is 1.97 bits per heavy atom. The van der Waals surface area contributed by atoms with Crippen LogP contribution in [0.2, 0.25) is 0 Å². The van der Waals surface area contributed by atoms with E-state index in [9.17, 15) is 9.59 Å². The number of amides is 2. The van der Waals surface area contributed by atoms with Gasteiger partial charge in [-0.15, -0.1) is 0 Å². The molecule has 1 aliphatic heterocycles. The van der Waals surface area contributed by atoms with Gasteiger partial charge in [0.2, 0.25) is 11.8 Å². The van der Waals surface area contributed by atoms with Crippen LogP contribution in [0.15, 0.2) is 34.6 Å². The van der Waals surface area contributed by atoms with Gasteiger partial charge in [-0.2, -0.15) is 0 Å². The van der Waals surface area contributed by atoms with Crippen molar-refractivity contribution >= 4 is 11.8 Å². The third-order valence-corrected chi connectivity index (χ3v) is 9.91. The first-order valence-electron chi connectivity index (χ1n) is 12.4. The normalized spacial score (nSPS) is 39.1. The molecular formula is C27H38N2O3. The summed E-state index contributed by atoms with van der Waals surface area (Å²) in [5, 5.41) is 3.31. The summed E-state index contributed by atoms with van der Waals surface area (Å²) in [6.07, 6.45) is 11.0. The quantitative estimate of drug-likeness (QED) is 0.702. The Hall–Kier alpha value is -2.04. The van der Waals surface area contributed by atoms with Gasteiger partial charge in [-0.25, -0.2) is 0 Å². The first-order valence-corrected chi connectivity index (χ1v) is 12.4. The van der Waals surface area contributed by atoms with Crippen LogP contribution < -0.4 is 5.32 Å². The van der Waals surface area contributed by atoms with Crippen LogP contribution in [0.1, 0.15) is 78.4 Å². The minimum absolute atomic E-state index is 0.0442. The summed E-state index contributed by atoms with van der Waals surface area (Å²) in [5.74, 6) is 3.07. The third-order valence-electron chi connectivity index (χ3n) is 9.91. The number of nitrogens with zero attached hydrogens (tertiary/aromatic N) is 1. The highest BCUT2D eigenvalue weighted by Crippen LogP contribution is 2.66. The SMILES string of the molecule is CN1C(=O)CC[C@@]2(C)C1=CC[C@@H]1[C@H]2CC[C@]2(C)C(C(=O)NC(C)(C)c3ccco3)CC[C@@H]12. The molecule has 6 atom stereocenters. The summed E-state index contributed by atoms with van der Waals surface area (Å²) in [6.45, 7) is 8.81. The van der Waals surface area contributed by atoms with Crippen molar-refractivity contribution in [2.75, 3.05) is 7.05 Å². The van der Waals surface area contributed by atoms with E-state index < -0.39 is 5.54 Å². The van der Waals surface area contributed by atoms with Crippen LogP contribution in [0.5, 0.6) is 0 Å². The number of nitrogens with one attached hydrogen (secondary N) is 1. The van der Waals surface area contributed by atoms with Crippen LogP contribution in [-0.2, 0) is 15.1 Å². The van der Waals surface area contributed by atoms with Crippen molar-refractivity contribution in [1.82, 2.24) is 10.2 Å². The Morgan fingerprint density at radius 3 is 2.69 bits per heavy atom. The molecular weight excluding hydrogens is 400 g/mol. The van der Waals surface area contributed by atoms with Gasteiger partial charge in [-0.1, -0.05) is 19.9 Å². The Bertz CT molecular complexity index is 948. The highest BCUT2D eigenvalue weighted by Gasteiger charge is 2.60. The minimum Gasteiger partial charge on any atom is -0.467 e. The van der Waals surface area contributed by atoms with Crippen LogP contribution in [-0.4, -0.2) is 23.8 Å². The molecule has 0 bridgehead atoms. The summed E-state index contributed by atoms with van der Waals surface area (Å²) in [4.78, 5) is 27.8. The number of allylic oxidation sites excluding steroid dienone is 2. The molecule has 1 N–H and O–H groups in total. The van der Waals surface area contributed by atoms with E-state index in [0.717, 1.165) is 44.3 Å². The average molecular weight is 439 g/mol. The molecule has 2 heterocycles. The van der Waals surface area contributed by atoms with Crippen LogP contribution in [0.25, 0.3) is 0 Å². The van der Waals surface area contributed by atoms with Gasteiger partial charge in [-0.3, -0.25) is 9.59 Å². The van der Waals surface area contributed by atoms with Crippen LogP contribution in [0.3, 0.4) is 0 Å². The molecule has 5 heteroatoms. The molecule has 0 aromatic carbocycles. The zero-order valence-electron chi connectivity index (χ0n) is 20.2. The van der Waals surface area contributed by atoms with Crippen molar-refractivity contribution in [3.05, 3.63) is 35.9 Å². The number of hydrogen-bond acceptors (Lipinski definition) is 3. The van der Waals surface area contributed by atoms with Crippen LogP contribution >= 0.6 is 0 Å².